The highest BCUT2D eigenvalue weighted by atomic mass is 16.5. The molecular formula is C24H27N3O2. The maximum atomic E-state index is 12.9. The molecule has 0 unspecified atom stereocenters. The molecule has 5 rings (SSSR count). The fourth-order valence-electron chi connectivity index (χ4n) is 4.71. The molecule has 5 nitrogen and oxygen atoms in total. The van der Waals surface area contributed by atoms with Crippen LogP contribution in [0.5, 0.6) is 0 Å². The minimum atomic E-state index is -0.0218. The predicted octanol–water partition coefficient (Wildman–Crippen LogP) is 4.42. The van der Waals surface area contributed by atoms with Crippen LogP contribution < -0.4 is 5.32 Å². The lowest BCUT2D eigenvalue weighted by molar-refractivity contribution is -0.121. The van der Waals surface area contributed by atoms with Crippen molar-refractivity contribution in [1.29, 1.82) is 0 Å². The Morgan fingerprint density at radius 1 is 1.03 bits per heavy atom. The van der Waals surface area contributed by atoms with E-state index >= 15 is 0 Å². The molecule has 150 valence electrons. The second-order valence-corrected chi connectivity index (χ2v) is 8.08. The zero-order valence-corrected chi connectivity index (χ0v) is 16.6. The normalized spacial score (nSPS) is 20.9. The Bertz CT molecular complexity index is 956. The number of aromatic amines is 1. The first-order valence-corrected chi connectivity index (χ1v) is 10.6. The first-order chi connectivity index (χ1) is 14.3. The number of carbonyl (C=O) groups is 1. The Labute approximate surface area is 171 Å². The van der Waals surface area contributed by atoms with E-state index in [9.17, 15) is 4.79 Å². The van der Waals surface area contributed by atoms with Gasteiger partial charge in [0.25, 0.3) is 0 Å². The number of carbonyl (C=O) groups excluding carboxylic acids is 1. The monoisotopic (exact) mass is 389 g/mol. The van der Waals surface area contributed by atoms with E-state index in [1.165, 1.54) is 5.39 Å². The number of ether oxygens (including phenoxy) is 1. The molecule has 2 aliphatic heterocycles. The van der Waals surface area contributed by atoms with Crippen molar-refractivity contribution in [2.75, 3.05) is 25.1 Å². The van der Waals surface area contributed by atoms with Crippen LogP contribution in [0.2, 0.25) is 0 Å². The Morgan fingerprint density at radius 3 is 2.62 bits per heavy atom. The van der Waals surface area contributed by atoms with Gasteiger partial charge in [0.05, 0.1) is 6.04 Å². The van der Waals surface area contributed by atoms with Crippen LogP contribution in [-0.2, 0) is 9.53 Å². The molecule has 2 fully saturated rings. The molecule has 29 heavy (non-hydrogen) atoms. The van der Waals surface area contributed by atoms with E-state index in [1.54, 1.807) is 0 Å². The van der Waals surface area contributed by atoms with Crippen molar-refractivity contribution in [1.82, 2.24) is 9.88 Å². The van der Waals surface area contributed by atoms with E-state index in [0.29, 0.717) is 6.04 Å². The molecule has 1 aromatic heterocycles. The van der Waals surface area contributed by atoms with E-state index in [2.05, 4.69) is 45.5 Å². The van der Waals surface area contributed by atoms with Crippen molar-refractivity contribution in [2.24, 2.45) is 0 Å². The molecule has 3 aromatic rings. The van der Waals surface area contributed by atoms with Crippen molar-refractivity contribution in [3.8, 4) is 11.3 Å². The number of H-pyrrole nitrogens is 1. The Morgan fingerprint density at radius 2 is 1.83 bits per heavy atom. The van der Waals surface area contributed by atoms with Crippen LogP contribution in [0, 0.1) is 0 Å². The van der Waals surface area contributed by atoms with Gasteiger partial charge in [0.2, 0.25) is 5.91 Å². The molecule has 0 saturated carbocycles. The number of nitrogens with one attached hydrogen (secondary N) is 2. The Kier molecular flexibility index (Phi) is 5.08. The number of aromatic nitrogens is 1. The topological polar surface area (TPSA) is 57.4 Å². The predicted molar refractivity (Wildman–Crippen MR) is 116 cm³/mol. The van der Waals surface area contributed by atoms with Crippen molar-refractivity contribution in [3.63, 3.8) is 0 Å². The molecule has 0 aliphatic carbocycles. The molecular weight excluding hydrogens is 362 g/mol. The number of anilines is 1. The minimum Gasteiger partial charge on any atom is -0.381 e. The first kappa shape index (κ1) is 18.4. The van der Waals surface area contributed by atoms with Gasteiger partial charge in [-0.3, -0.25) is 9.69 Å². The van der Waals surface area contributed by atoms with E-state index in [0.717, 1.165) is 67.9 Å². The number of hydrogen-bond donors (Lipinski definition) is 2. The molecule has 1 atom stereocenters. The molecule has 2 aromatic carbocycles. The average Bonchev–Trinajstić information content (AvgIpc) is 3.42. The third-order valence-electron chi connectivity index (χ3n) is 6.25. The van der Waals surface area contributed by atoms with Crippen LogP contribution >= 0.6 is 0 Å². The van der Waals surface area contributed by atoms with Crippen LogP contribution in [0.15, 0.2) is 54.6 Å². The minimum absolute atomic E-state index is 0.0218. The molecule has 3 heterocycles. The van der Waals surface area contributed by atoms with Crippen LogP contribution in [0.3, 0.4) is 0 Å². The highest BCUT2D eigenvalue weighted by Crippen LogP contribution is 2.28. The number of fused-ring (bicyclic) bond motifs is 1. The zero-order valence-electron chi connectivity index (χ0n) is 16.6. The summed E-state index contributed by atoms with van der Waals surface area (Å²) in [4.78, 5) is 18.8. The average molecular weight is 389 g/mol. The van der Waals surface area contributed by atoms with E-state index in [4.69, 9.17) is 4.74 Å². The van der Waals surface area contributed by atoms with Crippen molar-refractivity contribution in [3.05, 3.63) is 54.6 Å². The molecule has 0 bridgehead atoms. The number of nitrogens with zero attached hydrogens (tertiary/aromatic N) is 1. The van der Waals surface area contributed by atoms with Gasteiger partial charge < -0.3 is 15.0 Å². The summed E-state index contributed by atoms with van der Waals surface area (Å²) in [6.07, 6.45) is 4.09. The zero-order chi connectivity index (χ0) is 19.6. The SMILES string of the molecule is O=C(Nc1ccc(-c2cc3ccccc3[nH]2)cc1)[C@@H]1CCCN1C1CCOCC1. The summed E-state index contributed by atoms with van der Waals surface area (Å²) < 4.78 is 5.49. The summed E-state index contributed by atoms with van der Waals surface area (Å²) >= 11 is 0. The maximum absolute atomic E-state index is 12.9. The Balaban J connectivity index is 1.27. The summed E-state index contributed by atoms with van der Waals surface area (Å²) in [5, 5.41) is 4.34. The van der Waals surface area contributed by atoms with Crippen LogP contribution in [0.4, 0.5) is 5.69 Å². The lowest BCUT2D eigenvalue weighted by atomic mass is 10.1. The van der Waals surface area contributed by atoms with Gasteiger partial charge in [-0.2, -0.15) is 0 Å². The third-order valence-corrected chi connectivity index (χ3v) is 6.25. The maximum Gasteiger partial charge on any atom is 0.241 e. The molecule has 1 amide bonds. The lowest BCUT2D eigenvalue weighted by Crippen LogP contribution is -2.47. The van der Waals surface area contributed by atoms with Crippen LogP contribution in [0.1, 0.15) is 25.7 Å². The smallest absolute Gasteiger partial charge is 0.241 e. The van der Waals surface area contributed by atoms with E-state index < -0.39 is 0 Å². The molecule has 0 spiro atoms. The van der Waals surface area contributed by atoms with Crippen LogP contribution in [-0.4, -0.2) is 47.6 Å². The van der Waals surface area contributed by atoms with Gasteiger partial charge in [-0.05, 0) is 62.1 Å². The quantitative estimate of drug-likeness (QED) is 0.695. The molecule has 0 radical (unpaired) electrons. The highest BCUT2D eigenvalue weighted by molar-refractivity contribution is 5.95. The molecule has 2 aliphatic rings. The van der Waals surface area contributed by atoms with E-state index in [1.807, 2.05) is 24.3 Å². The molecule has 5 heteroatoms. The standard InChI is InChI=1S/C24H27N3O2/c28-24(23-6-3-13-27(23)20-11-14-29-15-12-20)25-19-9-7-17(8-10-19)22-16-18-4-1-2-5-21(18)26-22/h1-2,4-5,7-10,16,20,23,26H,3,6,11-15H2,(H,25,28)/t23-/m0/s1. The van der Waals surface area contributed by atoms with Gasteiger partial charge in [0.1, 0.15) is 0 Å². The molecule has 2 N–H and O–H groups in total. The van der Waals surface area contributed by atoms with Crippen LogP contribution in [0.25, 0.3) is 22.2 Å². The summed E-state index contributed by atoms with van der Waals surface area (Å²) in [6, 6.07) is 19.0. The van der Waals surface area contributed by atoms with Crippen molar-refractivity contribution >= 4 is 22.5 Å². The van der Waals surface area contributed by atoms with Crippen molar-refractivity contribution in [2.45, 2.75) is 37.8 Å². The number of benzene rings is 2. The first-order valence-electron chi connectivity index (χ1n) is 10.6. The van der Waals surface area contributed by atoms with Gasteiger partial charge in [-0.25, -0.2) is 0 Å². The van der Waals surface area contributed by atoms with Crippen molar-refractivity contribution < 1.29 is 9.53 Å². The van der Waals surface area contributed by atoms with Gasteiger partial charge >= 0.3 is 0 Å². The Hall–Kier alpha value is -2.63. The number of para-hydroxylation sites is 1. The summed E-state index contributed by atoms with van der Waals surface area (Å²) in [5.41, 5.74) is 4.19. The molecule has 2 saturated heterocycles. The summed E-state index contributed by atoms with van der Waals surface area (Å²) in [5.74, 6) is 0.118. The largest absolute Gasteiger partial charge is 0.381 e. The van der Waals surface area contributed by atoms with Gasteiger partial charge in [-0.1, -0.05) is 30.3 Å². The highest BCUT2D eigenvalue weighted by Gasteiger charge is 2.35. The third kappa shape index (κ3) is 3.80. The van der Waals surface area contributed by atoms with Gasteiger partial charge in [0.15, 0.2) is 0 Å². The number of amides is 1. The number of hydrogen-bond acceptors (Lipinski definition) is 3. The number of rotatable bonds is 4. The fourth-order valence-corrected chi connectivity index (χ4v) is 4.71. The van der Waals surface area contributed by atoms with E-state index in [-0.39, 0.29) is 11.9 Å². The lowest BCUT2D eigenvalue weighted by Gasteiger charge is -2.34. The number of likely N-dealkylation sites (tertiary alicyclic amines) is 1. The summed E-state index contributed by atoms with van der Waals surface area (Å²) in [7, 11) is 0. The summed E-state index contributed by atoms with van der Waals surface area (Å²) in [6.45, 7) is 2.64. The second-order valence-electron chi connectivity index (χ2n) is 8.08. The fraction of sp³-hybridized carbons (Fsp3) is 0.375. The van der Waals surface area contributed by atoms with Gasteiger partial charge in [0, 0.05) is 41.5 Å². The van der Waals surface area contributed by atoms with Gasteiger partial charge in [-0.15, -0.1) is 0 Å². The second kappa shape index (κ2) is 8.01.